The van der Waals surface area contributed by atoms with Gasteiger partial charge in [0, 0.05) is 11.4 Å². The fraction of sp³-hybridized carbons (Fsp3) is 0.312. The smallest absolute Gasteiger partial charge is 0.326 e. The number of aliphatic carboxylic acids is 1. The van der Waals surface area contributed by atoms with E-state index in [0.29, 0.717) is 28.5 Å². The number of aliphatic hydroxyl groups excluding tert-OH is 1. The van der Waals surface area contributed by atoms with E-state index < -0.39 is 66.0 Å². The molecule has 3 aromatic rings. The average molecular weight is 658 g/mol. The number of aliphatic hydroxyl groups is 1. The lowest BCUT2D eigenvalue weighted by molar-refractivity contribution is -0.142. The van der Waals surface area contributed by atoms with Crippen molar-refractivity contribution in [3.63, 3.8) is 0 Å². The normalized spacial score (nSPS) is 17.3. The highest BCUT2D eigenvalue weighted by molar-refractivity contribution is 8.00. The zero-order valence-corrected chi connectivity index (χ0v) is 25.4. The third kappa shape index (κ3) is 9.02. The predicted octanol–water partition coefficient (Wildman–Crippen LogP) is 2.69. The van der Waals surface area contributed by atoms with Gasteiger partial charge in [-0.2, -0.15) is 0 Å². The van der Waals surface area contributed by atoms with Gasteiger partial charge in [0.1, 0.15) is 28.7 Å². The summed E-state index contributed by atoms with van der Waals surface area (Å²) >= 11 is 1.24. The number of nitrogens with one attached hydrogen (secondary N) is 2. The Labute approximate surface area is 269 Å². The van der Waals surface area contributed by atoms with Crippen LogP contribution in [0.15, 0.2) is 72.8 Å². The zero-order chi connectivity index (χ0) is 34.1. The number of thioether (sulfide) groups is 1. The molecule has 0 aliphatic carbocycles. The lowest BCUT2D eigenvalue weighted by Crippen LogP contribution is -2.57. The number of nitrogens with zero attached hydrogens (tertiary/aromatic N) is 1. The first kappa shape index (κ1) is 32.9. The number of β-lactam (4-membered cyclic amide) rings is 1. The van der Waals surface area contributed by atoms with E-state index in [1.165, 1.54) is 65.2 Å². The molecule has 4 atom stereocenters. The molecular weight excluding hydrogens is 622 g/mol. The highest BCUT2D eigenvalue weighted by Gasteiger charge is 2.49. The summed E-state index contributed by atoms with van der Waals surface area (Å²) in [6, 6.07) is 15.8. The van der Waals surface area contributed by atoms with Gasteiger partial charge in [-0.1, -0.05) is 24.3 Å². The molecule has 1 saturated heterocycles. The molecule has 6 N–H and O–H groups in total. The summed E-state index contributed by atoms with van der Waals surface area (Å²) in [5, 5.41) is 21.9. The summed E-state index contributed by atoms with van der Waals surface area (Å²) in [6.07, 6.45) is -0.467. The summed E-state index contributed by atoms with van der Waals surface area (Å²) < 4.78 is 40.3. The molecule has 3 aromatic carbocycles. The number of rotatable bonds is 16. The summed E-state index contributed by atoms with van der Waals surface area (Å²) in [6.45, 7) is -1.03. The minimum Gasteiger partial charge on any atom is -0.484 e. The van der Waals surface area contributed by atoms with E-state index in [4.69, 9.17) is 11.9 Å². The van der Waals surface area contributed by atoms with E-state index in [-0.39, 0.29) is 30.4 Å². The highest BCUT2D eigenvalue weighted by atomic mass is 32.2. The molecule has 244 valence electrons. The van der Waals surface area contributed by atoms with Crippen LogP contribution in [0.4, 0.5) is 14.5 Å². The van der Waals surface area contributed by atoms with Crippen molar-refractivity contribution in [3.05, 3.63) is 95.6 Å². The number of nitrogens with two attached hydrogens (primary N) is 1. The van der Waals surface area contributed by atoms with E-state index in [9.17, 15) is 38.2 Å². The van der Waals surface area contributed by atoms with Gasteiger partial charge in [-0.3, -0.25) is 14.4 Å². The predicted molar refractivity (Wildman–Crippen MR) is 167 cm³/mol. The zero-order valence-electron chi connectivity index (χ0n) is 25.6. The fourth-order valence-electron chi connectivity index (χ4n) is 4.75. The fourth-order valence-corrected chi connectivity index (χ4v) is 6.04. The van der Waals surface area contributed by atoms with Crippen molar-refractivity contribution < 1.29 is 44.3 Å². The van der Waals surface area contributed by atoms with Crippen LogP contribution in [0.25, 0.3) is 0 Å². The molecule has 0 aromatic heterocycles. The van der Waals surface area contributed by atoms with Crippen molar-refractivity contribution in [1.29, 1.82) is 0 Å². The van der Waals surface area contributed by atoms with E-state index in [0.717, 1.165) is 0 Å². The van der Waals surface area contributed by atoms with Crippen LogP contribution in [0.1, 0.15) is 36.1 Å². The molecule has 14 heteroatoms. The first-order chi connectivity index (χ1) is 22.5. The molecule has 1 heterocycles. The van der Waals surface area contributed by atoms with Gasteiger partial charge in [0.15, 0.2) is 8.02 Å². The number of carboxylic acid groups (broad SMARTS) is 1. The van der Waals surface area contributed by atoms with Crippen LogP contribution in [0.5, 0.6) is 5.75 Å². The first-order valence-electron chi connectivity index (χ1n) is 14.8. The molecule has 11 nitrogen and oxygen atoms in total. The molecule has 0 saturated carbocycles. The number of carboxylic acids is 1. The first-order valence-corrected chi connectivity index (χ1v) is 15.4. The average Bonchev–Trinajstić information content (AvgIpc) is 3.05. The van der Waals surface area contributed by atoms with Crippen molar-refractivity contribution in [2.45, 2.75) is 36.3 Å². The number of hydrogen-bond donors (Lipinski definition) is 5. The van der Waals surface area contributed by atoms with Crippen LogP contribution in [0.2, 0.25) is 1.41 Å². The molecule has 1 aliphatic rings. The minimum atomic E-state index is -1.25. The largest absolute Gasteiger partial charge is 0.484 e. The van der Waals surface area contributed by atoms with Crippen molar-refractivity contribution >= 4 is 41.1 Å². The molecule has 4 rings (SSSR count). The van der Waals surface area contributed by atoms with Crippen molar-refractivity contribution in [2.24, 2.45) is 5.73 Å². The molecule has 0 radical (unpaired) electrons. The van der Waals surface area contributed by atoms with E-state index in [1.54, 1.807) is 24.3 Å². The SMILES string of the molecule is [2H]N(CC(=O)N[C@@H](CCCN)C(=O)O)C(=O)COc1ccc([C@@H]2[C@@H](SCC(O)c3ccc(F)cc3)C(=O)N2c2ccc(F)cc2)cc1. The second kappa shape index (κ2) is 16.2. The number of ether oxygens (including phenoxy) is 1. The van der Waals surface area contributed by atoms with Gasteiger partial charge in [-0.25, -0.2) is 13.6 Å². The molecule has 46 heavy (non-hydrogen) atoms. The molecule has 0 spiro atoms. The van der Waals surface area contributed by atoms with Crippen LogP contribution in [0.3, 0.4) is 0 Å². The van der Waals surface area contributed by atoms with Crippen molar-refractivity contribution in [3.8, 4) is 5.75 Å². The number of carbonyl (C=O) groups is 4. The Bertz CT molecular complexity index is 1550. The van der Waals surface area contributed by atoms with Gasteiger partial charge in [-0.05, 0) is 79.0 Å². The molecule has 0 bridgehead atoms. The highest BCUT2D eigenvalue weighted by Crippen LogP contribution is 2.46. The second-order valence-electron chi connectivity index (χ2n) is 10.4. The number of carbonyl (C=O) groups excluding carboxylic acids is 3. The van der Waals surface area contributed by atoms with E-state index in [2.05, 4.69) is 5.32 Å². The third-order valence-electron chi connectivity index (χ3n) is 7.15. The maximum Gasteiger partial charge on any atom is 0.326 e. The molecule has 3 amide bonds. The number of hydrogen-bond acceptors (Lipinski definition) is 8. The number of anilines is 1. The van der Waals surface area contributed by atoms with Gasteiger partial charge >= 0.3 is 5.97 Å². The second-order valence-corrected chi connectivity index (χ2v) is 11.6. The van der Waals surface area contributed by atoms with Gasteiger partial charge in [0.05, 0.1) is 18.7 Å². The van der Waals surface area contributed by atoms with E-state index >= 15 is 0 Å². The van der Waals surface area contributed by atoms with E-state index in [1.807, 2.05) is 0 Å². The lowest BCUT2D eigenvalue weighted by atomic mass is 9.92. The summed E-state index contributed by atoms with van der Waals surface area (Å²) in [4.78, 5) is 50.7. The molecule has 1 fully saturated rings. The standard InChI is InChI=1S/C32H34F2N4O7S/c33-21-7-3-19(4-8-21)26(39)18-46-30-29(38(31(30)42)23-11-9-22(34)10-12-23)20-5-13-24(14-6-20)45-17-28(41)36-16-27(40)37-25(32(43)44)2-1-15-35/h3-14,25-26,29-30,39H,1-2,15-18,35H2,(H,36,41)(H,37,40)(H,43,44)/t25-,26?,29+,30+/m0/s1/i/hD. The van der Waals surface area contributed by atoms with Crippen LogP contribution < -0.4 is 26.0 Å². The summed E-state index contributed by atoms with van der Waals surface area (Å²) in [5.41, 5.74) is 7.07. The maximum absolute atomic E-state index is 13.6. The van der Waals surface area contributed by atoms with Crippen molar-refractivity contribution in [2.75, 3.05) is 30.3 Å². The van der Waals surface area contributed by atoms with Gasteiger partial charge in [0.2, 0.25) is 11.8 Å². The Morgan fingerprint density at radius 2 is 1.63 bits per heavy atom. The summed E-state index contributed by atoms with van der Waals surface area (Å²) in [7, 11) is 0. The van der Waals surface area contributed by atoms with Gasteiger partial charge in [0.25, 0.3) is 5.91 Å². The van der Waals surface area contributed by atoms with Crippen LogP contribution in [-0.4, -0.2) is 70.6 Å². The molecule has 1 unspecified atom stereocenters. The Morgan fingerprint density at radius 3 is 2.24 bits per heavy atom. The topological polar surface area (TPSA) is 171 Å². The molecule has 1 aliphatic heterocycles. The number of halogens is 2. The Kier molecular flexibility index (Phi) is 11.5. The Hall–Kier alpha value is -4.53. The van der Waals surface area contributed by atoms with Crippen LogP contribution in [-0.2, 0) is 19.2 Å². The maximum atomic E-state index is 13.6. The van der Waals surface area contributed by atoms with Gasteiger partial charge in [-0.15, -0.1) is 11.8 Å². The van der Waals surface area contributed by atoms with Gasteiger partial charge < -0.3 is 36.2 Å². The third-order valence-corrected chi connectivity index (χ3v) is 8.48. The monoisotopic (exact) mass is 657 g/mol. The lowest BCUT2D eigenvalue weighted by Gasteiger charge is -2.47. The Morgan fingerprint density at radius 1 is 1.00 bits per heavy atom. The van der Waals surface area contributed by atoms with Crippen molar-refractivity contribution in [1.82, 2.24) is 10.6 Å². The summed E-state index contributed by atoms with van der Waals surface area (Å²) in [5.74, 6) is -3.62. The number of amides is 3. The number of benzene rings is 3. The molecular formula is C32H34F2N4O7S. The quantitative estimate of drug-likeness (QED) is 0.145. The van der Waals surface area contributed by atoms with Crippen LogP contribution in [0, 0.1) is 11.6 Å². The van der Waals surface area contributed by atoms with Crippen LogP contribution >= 0.6 is 11.8 Å². The Balaban J connectivity index is 1.38. The minimum absolute atomic E-state index is 0.108.